The van der Waals surface area contributed by atoms with E-state index in [9.17, 15) is 4.79 Å². The lowest BCUT2D eigenvalue weighted by Gasteiger charge is -2.40. The Bertz CT molecular complexity index is 659. The molecule has 0 unspecified atom stereocenters. The molecule has 1 fully saturated rings. The van der Waals surface area contributed by atoms with Crippen LogP contribution in [0.15, 0.2) is 48.5 Å². The van der Waals surface area contributed by atoms with Crippen molar-refractivity contribution in [1.82, 2.24) is 0 Å². The van der Waals surface area contributed by atoms with Crippen molar-refractivity contribution in [1.29, 1.82) is 0 Å². The van der Waals surface area contributed by atoms with Crippen molar-refractivity contribution >= 4 is 23.2 Å². The maximum Gasteiger partial charge on any atom is 0.235 e. The van der Waals surface area contributed by atoms with E-state index in [2.05, 4.69) is 5.32 Å². The Labute approximate surface area is 130 Å². The Hall–Kier alpha value is -1.80. The fourth-order valence-corrected chi connectivity index (χ4v) is 3.03. The molecule has 0 aromatic heterocycles. The van der Waals surface area contributed by atoms with Gasteiger partial charge in [-0.05, 0) is 49.1 Å². The molecule has 0 bridgehead atoms. The third kappa shape index (κ3) is 2.56. The van der Waals surface area contributed by atoms with Gasteiger partial charge in [-0.15, -0.1) is 0 Å². The van der Waals surface area contributed by atoms with E-state index in [1.807, 2.05) is 55.5 Å². The zero-order chi connectivity index (χ0) is 14.9. The Morgan fingerprint density at radius 3 is 2.33 bits per heavy atom. The molecular formula is C18H18ClNO. The minimum Gasteiger partial charge on any atom is -0.325 e. The molecule has 1 amide bonds. The molecule has 0 radical (unpaired) electrons. The first kappa shape index (κ1) is 14.2. The molecule has 2 aromatic carbocycles. The van der Waals surface area contributed by atoms with Crippen LogP contribution in [0.2, 0.25) is 5.02 Å². The zero-order valence-electron chi connectivity index (χ0n) is 12.0. The summed E-state index contributed by atoms with van der Waals surface area (Å²) in [6, 6.07) is 15.5. The summed E-state index contributed by atoms with van der Waals surface area (Å²) in [4.78, 5) is 12.8. The van der Waals surface area contributed by atoms with Gasteiger partial charge in [0.25, 0.3) is 0 Å². The monoisotopic (exact) mass is 299 g/mol. The summed E-state index contributed by atoms with van der Waals surface area (Å²) in [7, 11) is 0. The van der Waals surface area contributed by atoms with Gasteiger partial charge in [-0.25, -0.2) is 0 Å². The van der Waals surface area contributed by atoms with E-state index in [0.29, 0.717) is 5.02 Å². The van der Waals surface area contributed by atoms with Crippen LogP contribution >= 0.6 is 11.6 Å². The normalized spacial score (nSPS) is 16.1. The van der Waals surface area contributed by atoms with Gasteiger partial charge in [0, 0.05) is 10.7 Å². The molecule has 3 heteroatoms. The number of nitrogens with one attached hydrogen (secondary N) is 1. The number of carbonyl (C=O) groups excluding carboxylic acids is 1. The molecule has 1 aliphatic rings. The molecule has 0 atom stereocenters. The van der Waals surface area contributed by atoms with E-state index in [1.165, 1.54) is 0 Å². The number of amides is 1. The van der Waals surface area contributed by atoms with Crippen molar-refractivity contribution in [2.24, 2.45) is 0 Å². The highest BCUT2D eigenvalue weighted by atomic mass is 35.5. The maximum absolute atomic E-state index is 12.8. The molecule has 0 heterocycles. The molecule has 3 rings (SSSR count). The van der Waals surface area contributed by atoms with Crippen LogP contribution in [-0.4, -0.2) is 5.91 Å². The molecule has 2 aromatic rings. The van der Waals surface area contributed by atoms with Crippen LogP contribution in [0, 0.1) is 6.92 Å². The van der Waals surface area contributed by atoms with Gasteiger partial charge in [0.1, 0.15) is 0 Å². The van der Waals surface area contributed by atoms with Gasteiger partial charge in [-0.2, -0.15) is 0 Å². The van der Waals surface area contributed by atoms with E-state index in [4.69, 9.17) is 11.6 Å². The molecule has 21 heavy (non-hydrogen) atoms. The lowest BCUT2D eigenvalue weighted by molar-refractivity contribution is -0.124. The van der Waals surface area contributed by atoms with Crippen molar-refractivity contribution in [3.05, 3.63) is 64.7 Å². The molecule has 0 spiro atoms. The van der Waals surface area contributed by atoms with Gasteiger partial charge in [0.2, 0.25) is 5.91 Å². The number of hydrogen-bond acceptors (Lipinski definition) is 1. The second kappa shape index (κ2) is 5.53. The van der Waals surface area contributed by atoms with Crippen molar-refractivity contribution in [3.63, 3.8) is 0 Å². The second-order valence-electron chi connectivity index (χ2n) is 5.71. The first-order valence-electron chi connectivity index (χ1n) is 7.25. The Morgan fingerprint density at radius 2 is 1.76 bits per heavy atom. The minimum atomic E-state index is -0.396. The van der Waals surface area contributed by atoms with Crippen molar-refractivity contribution in [2.75, 3.05) is 5.32 Å². The number of carbonyl (C=O) groups is 1. The van der Waals surface area contributed by atoms with Gasteiger partial charge < -0.3 is 5.32 Å². The van der Waals surface area contributed by atoms with Gasteiger partial charge in [0.15, 0.2) is 0 Å². The Balaban J connectivity index is 1.87. The number of benzene rings is 2. The van der Waals surface area contributed by atoms with E-state index < -0.39 is 5.41 Å². The lowest BCUT2D eigenvalue weighted by atomic mass is 9.64. The molecule has 1 aliphatic carbocycles. The highest BCUT2D eigenvalue weighted by Gasteiger charge is 2.45. The summed E-state index contributed by atoms with van der Waals surface area (Å²) >= 11 is 5.95. The summed E-state index contributed by atoms with van der Waals surface area (Å²) in [5.41, 5.74) is 2.63. The summed E-state index contributed by atoms with van der Waals surface area (Å²) in [5.74, 6) is 0.0883. The minimum absolute atomic E-state index is 0.0883. The quantitative estimate of drug-likeness (QED) is 0.874. The summed E-state index contributed by atoms with van der Waals surface area (Å²) in [6.07, 6.45) is 2.88. The number of anilines is 1. The number of hydrogen-bond donors (Lipinski definition) is 1. The highest BCUT2D eigenvalue weighted by molar-refractivity contribution is 6.30. The van der Waals surface area contributed by atoms with E-state index in [-0.39, 0.29) is 5.91 Å². The van der Waals surface area contributed by atoms with Crippen LogP contribution in [-0.2, 0) is 10.2 Å². The maximum atomic E-state index is 12.8. The predicted molar refractivity (Wildman–Crippen MR) is 86.8 cm³/mol. The third-order valence-corrected chi connectivity index (χ3v) is 4.68. The zero-order valence-corrected chi connectivity index (χ0v) is 12.8. The third-order valence-electron chi connectivity index (χ3n) is 4.43. The summed E-state index contributed by atoms with van der Waals surface area (Å²) in [6.45, 7) is 2.01. The van der Waals surface area contributed by atoms with Crippen LogP contribution in [0.4, 0.5) is 5.69 Å². The van der Waals surface area contributed by atoms with Crippen LogP contribution in [0.5, 0.6) is 0 Å². The number of rotatable bonds is 3. The molecule has 0 saturated heterocycles. The largest absolute Gasteiger partial charge is 0.325 e. The Kier molecular flexibility index (Phi) is 3.73. The van der Waals surface area contributed by atoms with Crippen LogP contribution in [0.1, 0.15) is 30.4 Å². The standard InChI is InChI=1S/C18H18ClNO/c1-13-5-2-3-6-16(13)20-17(21)18(11-4-12-18)14-7-9-15(19)10-8-14/h2-3,5-10H,4,11-12H2,1H3,(H,20,21). The van der Waals surface area contributed by atoms with Crippen LogP contribution in [0.3, 0.4) is 0 Å². The smallest absolute Gasteiger partial charge is 0.235 e. The molecular weight excluding hydrogens is 282 g/mol. The van der Waals surface area contributed by atoms with Crippen molar-refractivity contribution < 1.29 is 4.79 Å². The van der Waals surface area contributed by atoms with Crippen LogP contribution in [0.25, 0.3) is 0 Å². The number of halogens is 1. The van der Waals surface area contributed by atoms with Crippen molar-refractivity contribution in [3.8, 4) is 0 Å². The van der Waals surface area contributed by atoms with Gasteiger partial charge in [0.05, 0.1) is 5.41 Å². The van der Waals surface area contributed by atoms with Gasteiger partial charge >= 0.3 is 0 Å². The van der Waals surface area contributed by atoms with E-state index >= 15 is 0 Å². The second-order valence-corrected chi connectivity index (χ2v) is 6.15. The number of para-hydroxylation sites is 1. The molecule has 1 N–H and O–H groups in total. The van der Waals surface area contributed by atoms with Gasteiger partial charge in [-0.3, -0.25) is 4.79 Å². The van der Waals surface area contributed by atoms with Crippen molar-refractivity contribution in [2.45, 2.75) is 31.6 Å². The topological polar surface area (TPSA) is 29.1 Å². The summed E-state index contributed by atoms with van der Waals surface area (Å²) in [5, 5.41) is 3.80. The highest BCUT2D eigenvalue weighted by Crippen LogP contribution is 2.45. The number of aryl methyl sites for hydroxylation is 1. The molecule has 1 saturated carbocycles. The molecule has 108 valence electrons. The Morgan fingerprint density at radius 1 is 1.10 bits per heavy atom. The fourth-order valence-electron chi connectivity index (χ4n) is 2.90. The summed E-state index contributed by atoms with van der Waals surface area (Å²) < 4.78 is 0. The first-order valence-corrected chi connectivity index (χ1v) is 7.63. The molecule has 2 nitrogen and oxygen atoms in total. The average Bonchev–Trinajstić information content (AvgIpc) is 2.42. The fraction of sp³-hybridized carbons (Fsp3) is 0.278. The van der Waals surface area contributed by atoms with Crippen LogP contribution < -0.4 is 5.32 Å². The first-order chi connectivity index (χ1) is 10.1. The lowest BCUT2D eigenvalue weighted by Crippen LogP contribution is -2.46. The van der Waals surface area contributed by atoms with E-state index in [1.54, 1.807) is 0 Å². The predicted octanol–water partition coefficient (Wildman–Crippen LogP) is 4.71. The average molecular weight is 300 g/mol. The van der Waals surface area contributed by atoms with E-state index in [0.717, 1.165) is 36.1 Å². The SMILES string of the molecule is Cc1ccccc1NC(=O)C1(c2ccc(Cl)cc2)CCC1. The molecule has 0 aliphatic heterocycles. The van der Waals surface area contributed by atoms with Gasteiger partial charge in [-0.1, -0.05) is 48.4 Å².